The fourth-order valence-corrected chi connectivity index (χ4v) is 9.21. The number of benzene rings is 1. The molecule has 3 aliphatic rings. The van der Waals surface area contributed by atoms with Gasteiger partial charge in [-0.2, -0.15) is 11.8 Å². The predicted octanol–water partition coefficient (Wildman–Crippen LogP) is 6.43. The number of nitrogens with one attached hydrogen (secondary N) is 1. The molecule has 6 unspecified atom stereocenters. The Kier molecular flexibility index (Phi) is 13.6. The van der Waals surface area contributed by atoms with Crippen LogP contribution in [-0.4, -0.2) is 77.3 Å². The molecule has 1 aromatic carbocycles. The zero-order valence-corrected chi connectivity index (χ0v) is 29.5. The molecule has 1 saturated carbocycles. The Bertz CT molecular complexity index is 1450. The van der Waals surface area contributed by atoms with Crippen LogP contribution in [0.4, 0.5) is 4.79 Å². The van der Waals surface area contributed by atoms with Gasteiger partial charge in [-0.3, -0.25) is 4.98 Å². The van der Waals surface area contributed by atoms with Crippen LogP contribution in [-0.2, 0) is 16.0 Å². The number of aliphatic hydroxyl groups is 2. The van der Waals surface area contributed by atoms with Gasteiger partial charge >= 0.3 is 6.09 Å². The van der Waals surface area contributed by atoms with Crippen molar-refractivity contribution in [2.75, 3.05) is 39.2 Å². The molecule has 10 nitrogen and oxygen atoms in total. The number of carbonyl (C=O) groups is 1. The number of carbonyl (C=O) groups excluding carboxylic acids is 1. The van der Waals surface area contributed by atoms with Gasteiger partial charge in [-0.25, -0.2) is 4.79 Å². The van der Waals surface area contributed by atoms with E-state index in [2.05, 4.69) is 28.1 Å². The molecule has 1 aromatic heterocycles. The van der Waals surface area contributed by atoms with E-state index >= 15 is 0 Å². The highest BCUT2D eigenvalue weighted by Crippen LogP contribution is 2.62. The number of rotatable bonds is 18. The number of aliphatic hydroxyl groups excluding tert-OH is 2. The number of aryl methyl sites for hydroxylation is 1. The topological polar surface area (TPSA) is 132 Å². The highest BCUT2D eigenvalue weighted by atomic mass is 32.2. The molecular formula is C38H51N3O7S. The van der Waals surface area contributed by atoms with Gasteiger partial charge in [0.2, 0.25) is 5.79 Å². The number of hydrogen-bond donors (Lipinski definition) is 3. The number of fused-ring (bicyclic) bond motifs is 2. The van der Waals surface area contributed by atoms with Crippen LogP contribution in [0.5, 0.6) is 11.5 Å². The van der Waals surface area contributed by atoms with Gasteiger partial charge in [0.25, 0.3) is 0 Å². The minimum absolute atomic E-state index is 0.0742. The maximum Gasteiger partial charge on any atom is 0.412 e. The molecule has 3 N–H and O–H groups in total. The van der Waals surface area contributed by atoms with E-state index in [1.807, 2.05) is 55.3 Å². The van der Waals surface area contributed by atoms with Gasteiger partial charge in [-0.15, -0.1) is 6.58 Å². The number of pyridine rings is 1. The molecule has 5 rings (SSSR count). The fourth-order valence-electron chi connectivity index (χ4n) is 7.81. The van der Waals surface area contributed by atoms with E-state index in [-0.39, 0.29) is 42.1 Å². The molecule has 0 saturated heterocycles. The summed E-state index contributed by atoms with van der Waals surface area (Å²) in [6, 6.07) is 9.72. The summed E-state index contributed by atoms with van der Waals surface area (Å²) in [7, 11) is 1.59. The zero-order valence-electron chi connectivity index (χ0n) is 28.7. The summed E-state index contributed by atoms with van der Waals surface area (Å²) in [6.45, 7) is 6.88. The Morgan fingerprint density at radius 3 is 2.65 bits per heavy atom. The SMILES string of the molecule is C=CCOC12Oc3ccc(OC(=O)NCC)cc3C3C(CCCCO)C(CCCCO)C=C(C(=NOC)CC1SCCc1ccncc1)C32. The van der Waals surface area contributed by atoms with Gasteiger partial charge < -0.3 is 34.6 Å². The average molecular weight is 694 g/mol. The van der Waals surface area contributed by atoms with Crippen molar-refractivity contribution in [2.45, 2.75) is 75.2 Å². The second-order valence-electron chi connectivity index (χ2n) is 12.8. The smallest absolute Gasteiger partial charge is 0.412 e. The molecule has 266 valence electrons. The molecule has 1 fully saturated rings. The Hall–Kier alpha value is -3.38. The van der Waals surface area contributed by atoms with Crippen LogP contribution < -0.4 is 14.8 Å². The number of thioether (sulfide) groups is 1. The highest BCUT2D eigenvalue weighted by Gasteiger charge is 2.63. The maximum atomic E-state index is 12.5. The van der Waals surface area contributed by atoms with Gasteiger partial charge in [0.1, 0.15) is 18.6 Å². The molecule has 0 radical (unpaired) electrons. The number of allylic oxidation sites excluding steroid dienone is 1. The van der Waals surface area contributed by atoms with E-state index in [0.29, 0.717) is 37.5 Å². The molecule has 2 aliphatic carbocycles. The number of hydrogen-bond acceptors (Lipinski definition) is 10. The number of ether oxygens (including phenoxy) is 3. The van der Waals surface area contributed by atoms with Gasteiger partial charge in [-0.1, -0.05) is 30.1 Å². The van der Waals surface area contributed by atoms with Crippen molar-refractivity contribution >= 4 is 23.6 Å². The molecule has 49 heavy (non-hydrogen) atoms. The molecule has 6 atom stereocenters. The van der Waals surface area contributed by atoms with Gasteiger partial charge in [0.15, 0.2) is 0 Å². The van der Waals surface area contributed by atoms with Crippen molar-refractivity contribution in [3.63, 3.8) is 0 Å². The molecule has 0 bridgehead atoms. The first-order chi connectivity index (χ1) is 24.0. The van der Waals surface area contributed by atoms with E-state index in [1.165, 1.54) is 5.56 Å². The molecule has 2 heterocycles. The maximum absolute atomic E-state index is 12.5. The lowest BCUT2D eigenvalue weighted by molar-refractivity contribution is -0.223. The van der Waals surface area contributed by atoms with E-state index in [1.54, 1.807) is 19.3 Å². The number of nitrogens with zero attached hydrogens (tertiary/aromatic N) is 2. The van der Waals surface area contributed by atoms with E-state index in [4.69, 9.17) is 19.0 Å². The van der Waals surface area contributed by atoms with Crippen LogP contribution in [0.1, 0.15) is 68.9 Å². The first-order valence-corrected chi connectivity index (χ1v) is 18.6. The van der Waals surface area contributed by atoms with Crippen LogP contribution in [0, 0.1) is 17.8 Å². The molecular weight excluding hydrogens is 642 g/mol. The molecule has 1 aliphatic heterocycles. The third-order valence-corrected chi connectivity index (χ3v) is 11.2. The lowest BCUT2D eigenvalue weighted by Crippen LogP contribution is -2.64. The van der Waals surface area contributed by atoms with Crippen molar-refractivity contribution in [3.8, 4) is 11.5 Å². The zero-order chi connectivity index (χ0) is 34.6. The summed E-state index contributed by atoms with van der Waals surface area (Å²) in [4.78, 5) is 22.2. The summed E-state index contributed by atoms with van der Waals surface area (Å²) < 4.78 is 19.8. The average Bonchev–Trinajstić information content (AvgIpc) is 3.10. The number of unbranched alkanes of at least 4 members (excludes halogenated alkanes) is 2. The molecule has 2 aromatic rings. The number of aromatic nitrogens is 1. The van der Waals surface area contributed by atoms with Crippen LogP contribution in [0.15, 0.2) is 72.2 Å². The lowest BCUT2D eigenvalue weighted by atomic mass is 9.56. The van der Waals surface area contributed by atoms with E-state index in [9.17, 15) is 15.0 Å². The quantitative estimate of drug-likeness (QED) is 0.0919. The fraction of sp³-hybridized carbons (Fsp3) is 0.553. The Morgan fingerprint density at radius 1 is 1.16 bits per heavy atom. The Balaban J connectivity index is 1.66. The normalized spacial score (nSPS) is 26.2. The summed E-state index contributed by atoms with van der Waals surface area (Å²) in [5.41, 5.74) is 4.13. The van der Waals surface area contributed by atoms with Crippen LogP contribution in [0.2, 0.25) is 0 Å². The number of amides is 1. The van der Waals surface area contributed by atoms with Crippen molar-refractivity contribution in [3.05, 3.63) is 78.2 Å². The van der Waals surface area contributed by atoms with Gasteiger partial charge in [0, 0.05) is 50.1 Å². The van der Waals surface area contributed by atoms with Crippen LogP contribution in [0.3, 0.4) is 0 Å². The van der Waals surface area contributed by atoms with Crippen molar-refractivity contribution in [1.29, 1.82) is 0 Å². The summed E-state index contributed by atoms with van der Waals surface area (Å²) in [6.07, 6.45) is 13.7. The summed E-state index contributed by atoms with van der Waals surface area (Å²) in [5.74, 6) is 0.976. The van der Waals surface area contributed by atoms with E-state index in [0.717, 1.165) is 61.1 Å². The largest absolute Gasteiger partial charge is 0.460 e. The van der Waals surface area contributed by atoms with Crippen molar-refractivity contribution < 1.29 is 34.1 Å². The first kappa shape index (κ1) is 36.9. The highest BCUT2D eigenvalue weighted by molar-refractivity contribution is 8.00. The third kappa shape index (κ3) is 8.51. The standard InChI is InChI=1S/C38H51N3O7S/c1-4-21-46-38-34(49-22-16-26-14-17-39-18-15-26)25-32(41-45-3)30-23-27(10-6-8-19-42)29(11-7-9-20-43)35(36(30)38)31-24-28(12-13-33(31)48-38)47-37(44)40-5-2/h4,12-15,17-18,23-24,27,29,34-36,42-43H,1,5-11,16,19-22,25H2,2-3H3,(H,40,44). The monoisotopic (exact) mass is 693 g/mol. The predicted molar refractivity (Wildman–Crippen MR) is 192 cm³/mol. The lowest BCUT2D eigenvalue weighted by Gasteiger charge is -2.58. The second-order valence-corrected chi connectivity index (χ2v) is 14.1. The summed E-state index contributed by atoms with van der Waals surface area (Å²) >= 11 is 1.82. The minimum Gasteiger partial charge on any atom is -0.460 e. The molecule has 11 heteroatoms. The van der Waals surface area contributed by atoms with Gasteiger partial charge in [0.05, 0.1) is 23.5 Å². The summed E-state index contributed by atoms with van der Waals surface area (Å²) in [5, 5.41) is 26.7. The number of oxime groups is 1. The molecule has 1 amide bonds. The molecule has 0 spiro atoms. The van der Waals surface area contributed by atoms with Crippen molar-refractivity contribution in [2.24, 2.45) is 22.9 Å². The van der Waals surface area contributed by atoms with Crippen molar-refractivity contribution in [1.82, 2.24) is 10.3 Å². The van der Waals surface area contributed by atoms with Crippen LogP contribution in [0.25, 0.3) is 0 Å². The minimum atomic E-state index is -1.04. The first-order valence-electron chi connectivity index (χ1n) is 17.6. The second kappa shape index (κ2) is 18.0. The van der Waals surface area contributed by atoms with Gasteiger partial charge in [-0.05, 0) is 98.1 Å². The third-order valence-electron chi connectivity index (χ3n) is 9.81. The van der Waals surface area contributed by atoms with E-state index < -0.39 is 11.9 Å². The Morgan fingerprint density at radius 2 is 1.94 bits per heavy atom. The Labute approximate surface area is 294 Å². The van der Waals surface area contributed by atoms with Crippen LogP contribution >= 0.6 is 11.8 Å².